The molecule has 28 heavy (non-hydrogen) atoms. The lowest BCUT2D eigenvalue weighted by Gasteiger charge is -2.24. The van der Waals surface area contributed by atoms with Gasteiger partial charge in [0.15, 0.2) is 0 Å². The quantitative estimate of drug-likeness (QED) is 0.249. The van der Waals surface area contributed by atoms with E-state index in [0.29, 0.717) is 13.0 Å². The van der Waals surface area contributed by atoms with Crippen molar-refractivity contribution < 1.29 is 37.9 Å². The molecule has 2 N–H and O–H groups in total. The van der Waals surface area contributed by atoms with Crippen LogP contribution in [0.25, 0.3) is 0 Å². The van der Waals surface area contributed by atoms with Gasteiger partial charge in [0.05, 0.1) is 24.2 Å². The fourth-order valence-electron chi connectivity index (χ4n) is 2.38. The van der Waals surface area contributed by atoms with E-state index in [1.54, 1.807) is 6.92 Å². The summed E-state index contributed by atoms with van der Waals surface area (Å²) >= 11 is 0. The van der Waals surface area contributed by atoms with Gasteiger partial charge in [-0.1, -0.05) is 0 Å². The van der Waals surface area contributed by atoms with Crippen LogP contribution in [0.1, 0.15) is 20.3 Å². The predicted octanol–water partition coefficient (Wildman–Crippen LogP) is 1.79. The lowest BCUT2D eigenvalue weighted by atomic mass is 10.2. The van der Waals surface area contributed by atoms with Crippen LogP contribution in [0.3, 0.4) is 0 Å². The summed E-state index contributed by atoms with van der Waals surface area (Å²) in [6.45, 7) is 3.30. The topological polar surface area (TPSA) is 146 Å². The number of aliphatic hydroxyl groups is 1. The van der Waals surface area contributed by atoms with Crippen molar-refractivity contribution in [2.75, 3.05) is 19.8 Å². The zero-order valence-corrected chi connectivity index (χ0v) is 16.4. The molecule has 1 aliphatic heterocycles. The Morgan fingerprint density at radius 3 is 2.68 bits per heavy atom. The van der Waals surface area contributed by atoms with E-state index in [0.717, 1.165) is 0 Å². The SMILES string of the molecule is CCOC(=O)[C@H](C)NP(=O)(OC[C@H]1OCC[C@H]1O)Oc1ccc([N+](=O)[O-])cc1. The molecule has 156 valence electrons. The summed E-state index contributed by atoms with van der Waals surface area (Å²) < 4.78 is 34.1. The van der Waals surface area contributed by atoms with Crippen LogP contribution in [0, 0.1) is 10.1 Å². The summed E-state index contributed by atoms with van der Waals surface area (Å²) in [6, 6.07) is 3.85. The van der Waals surface area contributed by atoms with Gasteiger partial charge < -0.3 is 19.1 Å². The first-order chi connectivity index (χ1) is 13.2. The van der Waals surface area contributed by atoms with E-state index >= 15 is 0 Å². The first-order valence-corrected chi connectivity index (χ1v) is 10.2. The standard InChI is InChI=1S/C16H23N2O9P/c1-3-24-16(20)11(2)17-28(23,26-10-15-14(19)8-9-25-15)27-13-6-4-12(5-7-13)18(21)22/h4-7,11,14-15,19H,3,8-10H2,1-2H3,(H,17,23)/t11-,14+,15+,28?/m0/s1. The Morgan fingerprint density at radius 1 is 1.46 bits per heavy atom. The molecule has 0 spiro atoms. The van der Waals surface area contributed by atoms with E-state index in [1.165, 1.54) is 31.2 Å². The maximum absolute atomic E-state index is 13.1. The second-order valence-electron chi connectivity index (χ2n) is 6.00. The third-order valence-corrected chi connectivity index (χ3v) is 5.49. The van der Waals surface area contributed by atoms with E-state index in [-0.39, 0.29) is 24.7 Å². The number of esters is 1. The molecule has 1 aliphatic rings. The number of aliphatic hydroxyl groups excluding tert-OH is 1. The van der Waals surface area contributed by atoms with Crippen molar-refractivity contribution >= 4 is 19.4 Å². The van der Waals surface area contributed by atoms with E-state index in [1.807, 2.05) is 0 Å². The summed E-state index contributed by atoms with van der Waals surface area (Å²) in [4.78, 5) is 22.0. The molecule has 0 amide bonds. The molecule has 0 aliphatic carbocycles. The van der Waals surface area contributed by atoms with Crippen molar-refractivity contribution in [3.05, 3.63) is 34.4 Å². The predicted molar refractivity (Wildman–Crippen MR) is 96.9 cm³/mol. The Bertz CT molecular complexity index is 727. The number of ether oxygens (including phenoxy) is 2. The number of carbonyl (C=O) groups excluding carboxylic acids is 1. The van der Waals surface area contributed by atoms with E-state index in [9.17, 15) is 24.6 Å². The fourth-order valence-corrected chi connectivity index (χ4v) is 3.88. The molecule has 1 unspecified atom stereocenters. The number of nitro groups is 1. The molecule has 0 bridgehead atoms. The van der Waals surface area contributed by atoms with Crippen LogP contribution in [0.5, 0.6) is 5.75 Å². The first-order valence-electron chi connectivity index (χ1n) is 8.67. The van der Waals surface area contributed by atoms with Gasteiger partial charge in [-0.2, -0.15) is 5.09 Å². The van der Waals surface area contributed by atoms with Gasteiger partial charge >= 0.3 is 13.7 Å². The Balaban J connectivity index is 2.12. The number of nitrogens with one attached hydrogen (secondary N) is 1. The van der Waals surface area contributed by atoms with Gasteiger partial charge in [0.1, 0.15) is 17.9 Å². The molecule has 1 fully saturated rings. The average molecular weight is 418 g/mol. The zero-order valence-electron chi connectivity index (χ0n) is 15.5. The molecule has 12 heteroatoms. The largest absolute Gasteiger partial charge is 0.465 e. The number of carbonyl (C=O) groups is 1. The molecule has 0 aromatic heterocycles. The van der Waals surface area contributed by atoms with Crippen LogP contribution in [0.2, 0.25) is 0 Å². The molecule has 0 radical (unpaired) electrons. The number of rotatable bonds is 10. The lowest BCUT2D eigenvalue weighted by molar-refractivity contribution is -0.384. The number of hydrogen-bond acceptors (Lipinski definition) is 9. The summed E-state index contributed by atoms with van der Waals surface area (Å²) in [5.41, 5.74) is -0.168. The Morgan fingerprint density at radius 2 is 2.14 bits per heavy atom. The molecule has 1 aromatic carbocycles. The molecule has 4 atom stereocenters. The van der Waals surface area contributed by atoms with Crippen molar-refractivity contribution in [1.82, 2.24) is 5.09 Å². The maximum Gasteiger partial charge on any atom is 0.459 e. The summed E-state index contributed by atoms with van der Waals surface area (Å²) in [5.74, 6) is -0.624. The lowest BCUT2D eigenvalue weighted by Crippen LogP contribution is -2.36. The van der Waals surface area contributed by atoms with Crippen molar-refractivity contribution in [2.45, 2.75) is 38.5 Å². The van der Waals surface area contributed by atoms with Crippen molar-refractivity contribution in [2.24, 2.45) is 0 Å². The third-order valence-electron chi connectivity index (χ3n) is 3.85. The van der Waals surface area contributed by atoms with E-state index in [4.69, 9.17) is 18.5 Å². The van der Waals surface area contributed by atoms with Crippen molar-refractivity contribution in [1.29, 1.82) is 0 Å². The molecule has 1 saturated heterocycles. The molecule has 2 rings (SSSR count). The van der Waals surface area contributed by atoms with Crippen LogP contribution in [0.4, 0.5) is 5.69 Å². The van der Waals surface area contributed by atoms with Gasteiger partial charge in [0.25, 0.3) is 5.69 Å². The van der Waals surface area contributed by atoms with Crippen molar-refractivity contribution in [3.8, 4) is 5.75 Å². The van der Waals surface area contributed by atoms with Gasteiger partial charge in [-0.05, 0) is 32.4 Å². The van der Waals surface area contributed by atoms with Gasteiger partial charge in [0.2, 0.25) is 0 Å². The van der Waals surface area contributed by atoms with Gasteiger partial charge in [-0.25, -0.2) is 4.57 Å². The molecule has 0 saturated carbocycles. The molecule has 11 nitrogen and oxygen atoms in total. The van der Waals surface area contributed by atoms with Crippen LogP contribution < -0.4 is 9.61 Å². The van der Waals surface area contributed by atoms with Gasteiger partial charge in [0, 0.05) is 18.7 Å². The monoisotopic (exact) mass is 418 g/mol. The second kappa shape index (κ2) is 9.94. The molecule has 1 aromatic rings. The smallest absolute Gasteiger partial charge is 0.459 e. The van der Waals surface area contributed by atoms with Crippen LogP contribution >= 0.6 is 7.75 Å². The third kappa shape index (κ3) is 6.25. The van der Waals surface area contributed by atoms with Gasteiger partial charge in [-0.15, -0.1) is 0 Å². The summed E-state index contributed by atoms with van der Waals surface area (Å²) in [6.07, 6.45) is -1.03. The highest BCUT2D eigenvalue weighted by molar-refractivity contribution is 7.52. The highest BCUT2D eigenvalue weighted by atomic mass is 31.2. The molecule has 1 heterocycles. The Hall–Kier alpha value is -2.04. The first kappa shape index (κ1) is 22.3. The Kier molecular flexibility index (Phi) is 7.90. The van der Waals surface area contributed by atoms with E-state index < -0.39 is 36.9 Å². The normalized spacial score (nSPS) is 22.2. The van der Waals surface area contributed by atoms with Crippen LogP contribution in [-0.2, 0) is 23.4 Å². The van der Waals surface area contributed by atoms with Crippen LogP contribution in [-0.4, -0.2) is 54.1 Å². The minimum absolute atomic E-state index is 0.0328. The van der Waals surface area contributed by atoms with E-state index in [2.05, 4.69) is 5.09 Å². The van der Waals surface area contributed by atoms with Crippen molar-refractivity contribution in [3.63, 3.8) is 0 Å². The highest BCUT2D eigenvalue weighted by Gasteiger charge is 2.35. The number of nitrogens with zero attached hydrogens (tertiary/aromatic N) is 1. The minimum Gasteiger partial charge on any atom is -0.465 e. The Labute approximate surface area is 161 Å². The maximum atomic E-state index is 13.1. The minimum atomic E-state index is -4.10. The number of benzene rings is 1. The fraction of sp³-hybridized carbons (Fsp3) is 0.562. The highest BCUT2D eigenvalue weighted by Crippen LogP contribution is 2.45. The molecular formula is C16H23N2O9P. The number of nitro benzene ring substituents is 1. The second-order valence-corrected chi connectivity index (χ2v) is 7.70. The van der Waals surface area contributed by atoms with Gasteiger partial charge in [-0.3, -0.25) is 19.4 Å². The van der Waals surface area contributed by atoms with Crippen LogP contribution in [0.15, 0.2) is 24.3 Å². The summed E-state index contributed by atoms with van der Waals surface area (Å²) in [7, 11) is -4.10. The number of non-ortho nitro benzene ring substituents is 1. The zero-order chi connectivity index (χ0) is 20.7. The average Bonchev–Trinajstić information content (AvgIpc) is 3.05. The number of hydrogen-bond donors (Lipinski definition) is 2. The molecular weight excluding hydrogens is 395 g/mol. The summed E-state index contributed by atoms with van der Waals surface area (Å²) in [5, 5.41) is 23.0.